The average molecular weight is 406 g/mol. The predicted octanol–water partition coefficient (Wildman–Crippen LogP) is 4.45. The Morgan fingerprint density at radius 2 is 1.67 bits per heavy atom. The quantitative estimate of drug-likeness (QED) is 0.670. The molecule has 0 radical (unpaired) electrons. The van der Waals surface area contributed by atoms with Crippen LogP contribution in [-0.2, 0) is 12.8 Å². The molecule has 0 saturated carbocycles. The highest BCUT2D eigenvalue weighted by Gasteiger charge is 2.32. The molecular formula is C25H26O5. The van der Waals surface area contributed by atoms with Crippen molar-refractivity contribution in [1.29, 1.82) is 0 Å². The van der Waals surface area contributed by atoms with E-state index >= 15 is 0 Å². The second kappa shape index (κ2) is 7.82. The second-order valence-corrected chi connectivity index (χ2v) is 8.19. The molecule has 0 unspecified atom stereocenters. The molecule has 0 fully saturated rings. The zero-order chi connectivity index (χ0) is 20.7. The molecule has 0 saturated heterocycles. The number of rotatable bonds is 4. The SMILES string of the molecule is CCC[C@H]1Oc2cc(-c3coc([C@H]4Oc5ccccc5C[C@@H]4O)c3)ccc2C[C@@H]1O. The molecule has 2 N–H and O–H groups in total. The number of hydrogen-bond donors (Lipinski definition) is 2. The summed E-state index contributed by atoms with van der Waals surface area (Å²) in [6.07, 6.45) is 2.81. The highest BCUT2D eigenvalue weighted by Crippen LogP contribution is 2.38. The molecule has 0 bridgehead atoms. The third kappa shape index (κ3) is 3.48. The van der Waals surface area contributed by atoms with Crippen molar-refractivity contribution in [3.05, 3.63) is 71.7 Å². The first kappa shape index (κ1) is 19.2. The predicted molar refractivity (Wildman–Crippen MR) is 113 cm³/mol. The van der Waals surface area contributed by atoms with Gasteiger partial charge in [-0.05, 0) is 41.3 Å². The molecule has 3 aromatic rings. The van der Waals surface area contributed by atoms with E-state index < -0.39 is 18.3 Å². The van der Waals surface area contributed by atoms with Gasteiger partial charge < -0.3 is 24.1 Å². The van der Waals surface area contributed by atoms with E-state index in [4.69, 9.17) is 13.9 Å². The maximum absolute atomic E-state index is 10.6. The van der Waals surface area contributed by atoms with E-state index in [1.807, 2.05) is 48.5 Å². The first-order valence-corrected chi connectivity index (χ1v) is 10.6. The molecule has 5 nitrogen and oxygen atoms in total. The smallest absolute Gasteiger partial charge is 0.182 e. The van der Waals surface area contributed by atoms with Crippen LogP contribution >= 0.6 is 0 Å². The van der Waals surface area contributed by atoms with Gasteiger partial charge >= 0.3 is 0 Å². The van der Waals surface area contributed by atoms with Gasteiger partial charge in [-0.25, -0.2) is 0 Å². The molecule has 1 aromatic heterocycles. The normalized spacial score (nSPS) is 25.0. The van der Waals surface area contributed by atoms with E-state index in [0.29, 0.717) is 18.6 Å². The number of ether oxygens (including phenoxy) is 2. The number of benzene rings is 2. The van der Waals surface area contributed by atoms with E-state index in [0.717, 1.165) is 46.6 Å². The number of aliphatic hydroxyl groups is 2. The van der Waals surface area contributed by atoms with Crippen LogP contribution in [0.4, 0.5) is 0 Å². The van der Waals surface area contributed by atoms with Crippen molar-refractivity contribution in [2.24, 2.45) is 0 Å². The molecule has 2 aromatic carbocycles. The minimum atomic E-state index is -0.665. The van der Waals surface area contributed by atoms with E-state index in [-0.39, 0.29) is 6.10 Å². The van der Waals surface area contributed by atoms with Crippen LogP contribution in [-0.4, -0.2) is 28.5 Å². The van der Waals surface area contributed by atoms with Crippen LogP contribution < -0.4 is 9.47 Å². The number of hydrogen-bond acceptors (Lipinski definition) is 5. The van der Waals surface area contributed by atoms with Crippen LogP contribution in [0.1, 0.15) is 42.8 Å². The lowest BCUT2D eigenvalue weighted by Crippen LogP contribution is -2.37. The molecule has 3 heterocycles. The van der Waals surface area contributed by atoms with E-state index in [2.05, 4.69) is 6.92 Å². The molecule has 5 rings (SSSR count). The fourth-order valence-corrected chi connectivity index (χ4v) is 4.38. The maximum atomic E-state index is 10.6. The summed E-state index contributed by atoms with van der Waals surface area (Å²) >= 11 is 0. The first-order chi connectivity index (χ1) is 14.6. The summed E-state index contributed by atoms with van der Waals surface area (Å²) in [7, 11) is 0. The van der Waals surface area contributed by atoms with Crippen LogP contribution in [0, 0.1) is 0 Å². The lowest BCUT2D eigenvalue weighted by Gasteiger charge is -2.30. The molecule has 5 heteroatoms. The Morgan fingerprint density at radius 1 is 0.867 bits per heavy atom. The Balaban J connectivity index is 1.39. The van der Waals surface area contributed by atoms with Crippen molar-refractivity contribution >= 4 is 0 Å². The molecular weight excluding hydrogens is 380 g/mol. The van der Waals surface area contributed by atoms with Gasteiger partial charge in [0.1, 0.15) is 29.5 Å². The van der Waals surface area contributed by atoms with Crippen molar-refractivity contribution in [1.82, 2.24) is 0 Å². The van der Waals surface area contributed by atoms with Crippen LogP contribution in [0.2, 0.25) is 0 Å². The summed E-state index contributed by atoms with van der Waals surface area (Å²) in [5, 5.41) is 20.9. The minimum Gasteiger partial charge on any atom is -0.487 e. The molecule has 0 spiro atoms. The lowest BCUT2D eigenvalue weighted by molar-refractivity contribution is 0.00875. The third-order valence-electron chi connectivity index (χ3n) is 6.02. The van der Waals surface area contributed by atoms with E-state index in [9.17, 15) is 10.2 Å². The molecule has 30 heavy (non-hydrogen) atoms. The van der Waals surface area contributed by atoms with Gasteiger partial charge in [-0.3, -0.25) is 0 Å². The average Bonchev–Trinajstić information content (AvgIpc) is 3.23. The van der Waals surface area contributed by atoms with Gasteiger partial charge in [0.15, 0.2) is 6.10 Å². The van der Waals surface area contributed by atoms with Crippen LogP contribution in [0.15, 0.2) is 59.2 Å². The monoisotopic (exact) mass is 406 g/mol. The Morgan fingerprint density at radius 3 is 2.53 bits per heavy atom. The summed E-state index contributed by atoms with van der Waals surface area (Å²) in [4.78, 5) is 0. The Bertz CT molecular complexity index is 1040. The summed E-state index contributed by atoms with van der Waals surface area (Å²) < 4.78 is 17.9. The summed E-state index contributed by atoms with van der Waals surface area (Å²) in [5.74, 6) is 2.21. The van der Waals surface area contributed by atoms with Crippen molar-refractivity contribution in [3.63, 3.8) is 0 Å². The number of fused-ring (bicyclic) bond motifs is 2. The van der Waals surface area contributed by atoms with E-state index in [1.54, 1.807) is 6.26 Å². The number of furan rings is 1. The van der Waals surface area contributed by atoms with Crippen molar-refractivity contribution < 1.29 is 24.1 Å². The van der Waals surface area contributed by atoms with Crippen LogP contribution in [0.5, 0.6) is 11.5 Å². The highest BCUT2D eigenvalue weighted by atomic mass is 16.5. The standard InChI is InChI=1S/C25H26O5/c1-2-5-22-19(26)10-17-9-8-15(12-23(17)29-22)18-13-24(28-14-18)25-20(27)11-16-6-3-4-7-21(16)30-25/h3-4,6-9,12-14,19-20,22,25-27H,2,5,10-11H2,1H3/t19-,20-,22+,25-/m0/s1. The van der Waals surface area contributed by atoms with Crippen molar-refractivity contribution in [2.45, 2.75) is 57.0 Å². The molecule has 156 valence electrons. The maximum Gasteiger partial charge on any atom is 0.182 e. The fourth-order valence-electron chi connectivity index (χ4n) is 4.38. The molecule has 2 aliphatic heterocycles. The van der Waals surface area contributed by atoms with Gasteiger partial charge in [-0.1, -0.05) is 43.7 Å². The van der Waals surface area contributed by atoms with Crippen LogP contribution in [0.25, 0.3) is 11.1 Å². The van der Waals surface area contributed by atoms with Gasteiger partial charge in [-0.2, -0.15) is 0 Å². The summed E-state index contributed by atoms with van der Waals surface area (Å²) in [6.45, 7) is 2.09. The second-order valence-electron chi connectivity index (χ2n) is 8.19. The largest absolute Gasteiger partial charge is 0.487 e. The number of para-hydroxylation sites is 1. The van der Waals surface area contributed by atoms with E-state index in [1.165, 1.54) is 0 Å². The molecule has 0 amide bonds. The van der Waals surface area contributed by atoms with Gasteiger partial charge in [0, 0.05) is 18.4 Å². The van der Waals surface area contributed by atoms with Gasteiger partial charge in [0.25, 0.3) is 0 Å². The third-order valence-corrected chi connectivity index (χ3v) is 6.02. The fraction of sp³-hybridized carbons (Fsp3) is 0.360. The topological polar surface area (TPSA) is 72.1 Å². The minimum absolute atomic E-state index is 0.163. The highest BCUT2D eigenvalue weighted by molar-refractivity contribution is 5.66. The Labute approximate surface area is 175 Å². The summed E-state index contributed by atoms with van der Waals surface area (Å²) in [5.41, 5.74) is 3.90. The first-order valence-electron chi connectivity index (χ1n) is 10.6. The van der Waals surface area contributed by atoms with Gasteiger partial charge in [0.2, 0.25) is 0 Å². The van der Waals surface area contributed by atoms with Crippen molar-refractivity contribution in [2.75, 3.05) is 0 Å². The molecule has 2 aliphatic rings. The number of aliphatic hydroxyl groups excluding tert-OH is 2. The van der Waals surface area contributed by atoms with Gasteiger partial charge in [-0.15, -0.1) is 0 Å². The zero-order valence-electron chi connectivity index (χ0n) is 17.0. The lowest BCUT2D eigenvalue weighted by atomic mass is 9.94. The summed E-state index contributed by atoms with van der Waals surface area (Å²) in [6, 6.07) is 15.7. The Kier molecular flexibility index (Phi) is 5.01. The Hall–Kier alpha value is -2.76. The zero-order valence-corrected chi connectivity index (χ0v) is 17.0. The van der Waals surface area contributed by atoms with Crippen LogP contribution in [0.3, 0.4) is 0 Å². The molecule has 0 aliphatic carbocycles. The van der Waals surface area contributed by atoms with Crippen molar-refractivity contribution in [3.8, 4) is 22.6 Å². The van der Waals surface area contributed by atoms with Gasteiger partial charge in [0.05, 0.1) is 12.4 Å². The molecule has 4 atom stereocenters.